The van der Waals surface area contributed by atoms with Crippen molar-refractivity contribution >= 4 is 28.3 Å². The summed E-state index contributed by atoms with van der Waals surface area (Å²) in [6.07, 6.45) is 4.53. The molecule has 29 heavy (non-hydrogen) atoms. The predicted molar refractivity (Wildman–Crippen MR) is 112 cm³/mol. The summed E-state index contributed by atoms with van der Waals surface area (Å²) in [5.74, 6) is 1.32. The molecule has 1 aliphatic heterocycles. The zero-order valence-corrected chi connectivity index (χ0v) is 17.0. The van der Waals surface area contributed by atoms with Crippen molar-refractivity contribution in [3.05, 3.63) is 41.5 Å². The third kappa shape index (κ3) is 3.44. The van der Waals surface area contributed by atoms with E-state index in [4.69, 9.17) is 4.52 Å². The Morgan fingerprint density at radius 3 is 2.90 bits per heavy atom. The van der Waals surface area contributed by atoms with Crippen molar-refractivity contribution in [2.75, 3.05) is 13.1 Å². The van der Waals surface area contributed by atoms with E-state index >= 15 is 0 Å². The second kappa shape index (κ2) is 7.44. The Bertz CT molecular complexity index is 1170. The van der Waals surface area contributed by atoms with Crippen LogP contribution in [0.5, 0.6) is 0 Å². The van der Waals surface area contributed by atoms with Gasteiger partial charge in [-0.2, -0.15) is 4.98 Å². The van der Waals surface area contributed by atoms with Crippen molar-refractivity contribution in [2.45, 2.75) is 32.7 Å². The Balaban J connectivity index is 1.34. The topological polar surface area (TPSA) is 77.1 Å². The molecule has 1 aliphatic rings. The van der Waals surface area contributed by atoms with Crippen molar-refractivity contribution < 1.29 is 9.32 Å². The molecule has 0 spiro atoms. The number of carbonyl (C=O) groups is 1. The summed E-state index contributed by atoms with van der Waals surface area (Å²) in [6, 6.07) is 7.98. The summed E-state index contributed by atoms with van der Waals surface area (Å²) in [4.78, 5) is 24.3. The summed E-state index contributed by atoms with van der Waals surface area (Å²) in [7, 11) is 0. The Labute approximate surface area is 172 Å². The first-order valence-electron chi connectivity index (χ1n) is 9.80. The van der Waals surface area contributed by atoms with E-state index in [2.05, 4.69) is 15.1 Å². The molecule has 148 valence electrons. The van der Waals surface area contributed by atoms with Crippen LogP contribution in [0.4, 0.5) is 0 Å². The molecule has 0 N–H and O–H groups in total. The van der Waals surface area contributed by atoms with Crippen molar-refractivity contribution in [1.82, 2.24) is 24.6 Å². The van der Waals surface area contributed by atoms with Crippen LogP contribution in [0, 0.1) is 6.92 Å². The lowest BCUT2D eigenvalue weighted by atomic mass is 10.2. The number of amides is 1. The Morgan fingerprint density at radius 2 is 2.10 bits per heavy atom. The number of hydrogen-bond acceptors (Lipinski definition) is 6. The van der Waals surface area contributed by atoms with Gasteiger partial charge in [0.05, 0.1) is 22.2 Å². The van der Waals surface area contributed by atoms with E-state index in [1.54, 1.807) is 17.7 Å². The summed E-state index contributed by atoms with van der Waals surface area (Å²) in [5, 5.41) is 6.15. The summed E-state index contributed by atoms with van der Waals surface area (Å²) < 4.78 is 7.49. The van der Waals surface area contributed by atoms with Gasteiger partial charge in [-0.05, 0) is 55.0 Å². The van der Waals surface area contributed by atoms with Gasteiger partial charge in [-0.25, -0.2) is 4.98 Å². The molecule has 1 aromatic carbocycles. The number of aryl methyl sites for hydroxylation is 2. The zero-order valence-electron chi connectivity index (χ0n) is 16.2. The minimum absolute atomic E-state index is 0.226. The summed E-state index contributed by atoms with van der Waals surface area (Å²) in [6.45, 7) is 4.45. The molecule has 0 unspecified atom stereocenters. The number of benzene rings is 1. The van der Waals surface area contributed by atoms with Crippen LogP contribution < -0.4 is 0 Å². The molecule has 8 heteroatoms. The first-order valence-corrected chi connectivity index (χ1v) is 10.7. The number of carbonyl (C=O) groups excluding carboxylic acids is 1. The van der Waals surface area contributed by atoms with E-state index in [1.165, 1.54) is 0 Å². The third-order valence-electron chi connectivity index (χ3n) is 5.39. The lowest BCUT2D eigenvalue weighted by Crippen LogP contribution is -2.28. The molecule has 0 saturated carbocycles. The van der Waals surface area contributed by atoms with Gasteiger partial charge in [0.15, 0.2) is 0 Å². The number of thiophene rings is 1. The fourth-order valence-corrected chi connectivity index (χ4v) is 4.59. The van der Waals surface area contributed by atoms with Gasteiger partial charge < -0.3 is 14.0 Å². The maximum absolute atomic E-state index is 12.3. The molecule has 4 heterocycles. The van der Waals surface area contributed by atoms with E-state index in [9.17, 15) is 4.79 Å². The fraction of sp³-hybridized carbons (Fsp3) is 0.333. The normalized spacial score (nSPS) is 14.2. The number of imidazole rings is 1. The molecular weight excluding hydrogens is 386 g/mol. The largest absolute Gasteiger partial charge is 0.343 e. The molecule has 1 saturated heterocycles. The number of likely N-dealkylation sites (tertiary alicyclic amines) is 1. The molecule has 0 radical (unpaired) electrons. The van der Waals surface area contributed by atoms with E-state index in [-0.39, 0.29) is 5.91 Å². The SMILES string of the molecule is Cc1ccsc1-c1nc(-c2ccc3c(c2)ncn3CCC(=O)N2CCCC2)no1. The van der Waals surface area contributed by atoms with Gasteiger partial charge in [0.2, 0.25) is 11.7 Å². The van der Waals surface area contributed by atoms with Crippen molar-refractivity contribution in [1.29, 1.82) is 0 Å². The molecule has 0 aliphatic carbocycles. The van der Waals surface area contributed by atoms with Crippen molar-refractivity contribution in [3.8, 4) is 22.2 Å². The van der Waals surface area contributed by atoms with Gasteiger partial charge in [0.1, 0.15) is 0 Å². The van der Waals surface area contributed by atoms with Crippen molar-refractivity contribution in [3.63, 3.8) is 0 Å². The molecular formula is C21H21N5O2S. The highest BCUT2D eigenvalue weighted by Crippen LogP contribution is 2.30. The molecule has 4 aromatic rings. The fourth-order valence-electron chi connectivity index (χ4n) is 3.75. The summed E-state index contributed by atoms with van der Waals surface area (Å²) >= 11 is 1.59. The zero-order chi connectivity index (χ0) is 19.8. The highest BCUT2D eigenvalue weighted by atomic mass is 32.1. The van der Waals surface area contributed by atoms with E-state index in [0.717, 1.165) is 53.0 Å². The maximum atomic E-state index is 12.3. The Morgan fingerprint density at radius 1 is 1.24 bits per heavy atom. The average molecular weight is 407 g/mol. The molecule has 1 amide bonds. The number of hydrogen-bond donors (Lipinski definition) is 0. The lowest BCUT2D eigenvalue weighted by molar-refractivity contribution is -0.130. The Hall–Kier alpha value is -3.00. The highest BCUT2D eigenvalue weighted by molar-refractivity contribution is 7.13. The second-order valence-electron chi connectivity index (χ2n) is 7.34. The molecule has 7 nitrogen and oxygen atoms in total. The van der Waals surface area contributed by atoms with Gasteiger partial charge in [-0.3, -0.25) is 4.79 Å². The first-order chi connectivity index (χ1) is 14.2. The van der Waals surface area contributed by atoms with Gasteiger partial charge >= 0.3 is 0 Å². The number of aromatic nitrogens is 4. The van der Waals surface area contributed by atoms with E-state index in [1.807, 2.05) is 46.0 Å². The van der Waals surface area contributed by atoms with Crippen molar-refractivity contribution in [2.24, 2.45) is 0 Å². The number of fused-ring (bicyclic) bond motifs is 1. The summed E-state index contributed by atoms with van der Waals surface area (Å²) in [5.41, 5.74) is 3.85. The van der Waals surface area contributed by atoms with Crippen LogP contribution in [-0.4, -0.2) is 43.6 Å². The van der Waals surface area contributed by atoms with Crippen LogP contribution in [0.2, 0.25) is 0 Å². The van der Waals surface area contributed by atoms with Crippen LogP contribution in [0.1, 0.15) is 24.8 Å². The van der Waals surface area contributed by atoms with Gasteiger partial charge in [0.25, 0.3) is 5.89 Å². The van der Waals surface area contributed by atoms with Crippen LogP contribution in [-0.2, 0) is 11.3 Å². The first kappa shape index (κ1) is 18.1. The molecule has 0 atom stereocenters. The van der Waals surface area contributed by atoms with E-state index in [0.29, 0.717) is 24.7 Å². The Kier molecular flexibility index (Phi) is 4.63. The van der Waals surface area contributed by atoms with Crippen LogP contribution in [0.25, 0.3) is 33.2 Å². The molecule has 1 fully saturated rings. The maximum Gasteiger partial charge on any atom is 0.268 e. The van der Waals surface area contributed by atoms with Gasteiger partial charge in [0, 0.05) is 31.6 Å². The predicted octanol–water partition coefficient (Wildman–Crippen LogP) is 4.14. The van der Waals surface area contributed by atoms with Gasteiger partial charge in [-0.15, -0.1) is 11.3 Å². The molecule has 0 bridgehead atoms. The van der Waals surface area contributed by atoms with Gasteiger partial charge in [-0.1, -0.05) is 5.16 Å². The van der Waals surface area contributed by atoms with Crippen LogP contribution >= 0.6 is 11.3 Å². The highest BCUT2D eigenvalue weighted by Gasteiger charge is 2.18. The minimum Gasteiger partial charge on any atom is -0.343 e. The quantitative estimate of drug-likeness (QED) is 0.497. The number of nitrogens with zero attached hydrogens (tertiary/aromatic N) is 5. The number of rotatable bonds is 5. The molecule has 3 aromatic heterocycles. The van der Waals surface area contributed by atoms with E-state index < -0.39 is 0 Å². The molecule has 5 rings (SSSR count). The second-order valence-corrected chi connectivity index (χ2v) is 8.25. The third-order valence-corrected chi connectivity index (χ3v) is 6.39. The monoisotopic (exact) mass is 407 g/mol. The van der Waals surface area contributed by atoms with Crippen LogP contribution in [0.15, 0.2) is 40.5 Å². The standard InChI is InChI=1S/C21H21N5O2S/c1-14-7-11-29-19(14)21-23-20(24-28-21)15-4-5-17-16(12-15)22-13-26(17)10-6-18(27)25-8-2-3-9-25/h4-5,7,11-13H,2-3,6,8-10H2,1H3. The minimum atomic E-state index is 0.226. The lowest BCUT2D eigenvalue weighted by Gasteiger charge is -2.15. The van der Waals surface area contributed by atoms with Crippen LogP contribution in [0.3, 0.4) is 0 Å². The smallest absolute Gasteiger partial charge is 0.268 e. The average Bonchev–Trinajstić information content (AvgIpc) is 3.52.